The summed E-state index contributed by atoms with van der Waals surface area (Å²) in [4.78, 5) is 0. The molecule has 8 heteroatoms. The molecule has 2 saturated heterocycles. The number of methoxy groups -OCH3 is 2. The summed E-state index contributed by atoms with van der Waals surface area (Å²) < 4.78 is 37.7. The lowest BCUT2D eigenvalue weighted by Crippen LogP contribution is -2.52. The molecule has 3 aromatic carbocycles. The summed E-state index contributed by atoms with van der Waals surface area (Å²) in [5.41, 5.74) is -0.168. The average Bonchev–Trinajstić information content (AvgIpc) is 3.16. The van der Waals surface area contributed by atoms with Crippen molar-refractivity contribution in [1.82, 2.24) is 0 Å². The van der Waals surface area contributed by atoms with Gasteiger partial charge in [-0.15, -0.1) is 0 Å². The van der Waals surface area contributed by atoms with Crippen LogP contribution in [-0.2, 0) is 18.6 Å². The van der Waals surface area contributed by atoms with E-state index in [9.17, 15) is 0 Å². The first-order valence-corrected chi connectivity index (χ1v) is 12.5. The van der Waals surface area contributed by atoms with Gasteiger partial charge in [-0.2, -0.15) is 0 Å². The molecule has 0 radical (unpaired) electrons. The van der Waals surface area contributed by atoms with Crippen molar-refractivity contribution < 1.29 is 28.1 Å². The van der Waals surface area contributed by atoms with Crippen LogP contribution in [0, 0.1) is 0 Å². The van der Waals surface area contributed by atoms with E-state index >= 15 is 0 Å². The molecule has 0 amide bonds. The van der Waals surface area contributed by atoms with Crippen LogP contribution in [0.3, 0.4) is 0 Å². The highest BCUT2D eigenvalue weighted by molar-refractivity contribution is 6.79. The lowest BCUT2D eigenvalue weighted by Gasteiger charge is -2.32. The fourth-order valence-electron chi connectivity index (χ4n) is 4.94. The number of ether oxygens (including phenoxy) is 2. The third-order valence-corrected chi connectivity index (χ3v) is 8.59. The van der Waals surface area contributed by atoms with Gasteiger partial charge in [0.25, 0.3) is 0 Å². The van der Waals surface area contributed by atoms with E-state index in [0.717, 1.165) is 44.0 Å². The molecule has 3 aromatic rings. The molecule has 0 aromatic heterocycles. The van der Waals surface area contributed by atoms with E-state index in [1.807, 2.05) is 12.1 Å². The fourth-order valence-corrected chi connectivity index (χ4v) is 4.94. The Balaban J connectivity index is 1.88. The summed E-state index contributed by atoms with van der Waals surface area (Å²) in [6.45, 7) is 16.5. The maximum atomic E-state index is 6.62. The smallest absolute Gasteiger partial charge is 0.495 e. The maximum absolute atomic E-state index is 6.62. The van der Waals surface area contributed by atoms with Gasteiger partial charge in [-0.05, 0) is 112 Å². The van der Waals surface area contributed by atoms with E-state index < -0.39 is 36.6 Å². The van der Waals surface area contributed by atoms with Crippen LogP contribution in [0.5, 0.6) is 11.5 Å². The van der Waals surface area contributed by atoms with Gasteiger partial charge >= 0.3 is 14.2 Å². The average molecular weight is 490 g/mol. The van der Waals surface area contributed by atoms with Gasteiger partial charge in [0, 0.05) is 0 Å². The van der Waals surface area contributed by atoms with Gasteiger partial charge in [0.05, 0.1) is 36.6 Å². The molecule has 0 aliphatic carbocycles. The highest BCUT2D eigenvalue weighted by Crippen LogP contribution is 2.41. The van der Waals surface area contributed by atoms with Crippen LogP contribution in [0.2, 0.25) is 0 Å². The lowest BCUT2D eigenvalue weighted by molar-refractivity contribution is 0.00578. The molecule has 2 fully saturated rings. The van der Waals surface area contributed by atoms with Crippen LogP contribution in [-0.4, -0.2) is 50.9 Å². The van der Waals surface area contributed by atoms with E-state index in [1.165, 1.54) is 0 Å². The molecule has 2 aliphatic rings. The van der Waals surface area contributed by atoms with Gasteiger partial charge < -0.3 is 28.1 Å². The van der Waals surface area contributed by atoms with Gasteiger partial charge in [-0.1, -0.05) is 12.1 Å². The molecule has 0 saturated carbocycles. The van der Waals surface area contributed by atoms with Gasteiger partial charge in [-0.25, -0.2) is 0 Å². The summed E-state index contributed by atoms with van der Waals surface area (Å²) in [7, 11) is 2.15. The maximum Gasteiger partial charge on any atom is 0.495 e. The SMILES string of the molecule is COc1ccc2c(B3OC(C)(C)C(C)(C)O3)c(B3OC(C)(C)C(C)(C)O3)c3ccc(OC)cc3c2c1. The molecular formula is C28H36B2O6. The molecule has 2 heterocycles. The molecule has 190 valence electrons. The van der Waals surface area contributed by atoms with E-state index in [4.69, 9.17) is 28.1 Å². The molecular weight excluding hydrogens is 454 g/mol. The Morgan fingerprint density at radius 2 is 0.806 bits per heavy atom. The highest BCUT2D eigenvalue weighted by Gasteiger charge is 2.57. The van der Waals surface area contributed by atoms with Gasteiger partial charge in [0.15, 0.2) is 0 Å². The van der Waals surface area contributed by atoms with E-state index in [0.29, 0.717) is 0 Å². The van der Waals surface area contributed by atoms with Crippen molar-refractivity contribution in [3.8, 4) is 11.5 Å². The predicted molar refractivity (Wildman–Crippen MR) is 146 cm³/mol. The Morgan fingerprint density at radius 3 is 1.08 bits per heavy atom. The topological polar surface area (TPSA) is 55.4 Å². The summed E-state index contributed by atoms with van der Waals surface area (Å²) in [6.07, 6.45) is 0. The molecule has 0 atom stereocenters. The van der Waals surface area contributed by atoms with Crippen molar-refractivity contribution in [2.75, 3.05) is 14.2 Å². The summed E-state index contributed by atoms with van der Waals surface area (Å²) in [6, 6.07) is 12.2. The lowest BCUT2D eigenvalue weighted by atomic mass is 9.61. The largest absolute Gasteiger partial charge is 0.497 e. The van der Waals surface area contributed by atoms with Gasteiger partial charge in [-0.3, -0.25) is 0 Å². The minimum Gasteiger partial charge on any atom is -0.497 e. The second-order valence-electron chi connectivity index (χ2n) is 11.8. The zero-order valence-electron chi connectivity index (χ0n) is 23.1. The molecule has 0 N–H and O–H groups in total. The monoisotopic (exact) mass is 490 g/mol. The first kappa shape index (κ1) is 25.4. The van der Waals surface area contributed by atoms with Crippen molar-refractivity contribution in [2.24, 2.45) is 0 Å². The molecule has 0 unspecified atom stereocenters. The molecule has 0 spiro atoms. The second kappa shape index (κ2) is 8.12. The Morgan fingerprint density at radius 1 is 0.500 bits per heavy atom. The van der Waals surface area contributed by atoms with Crippen LogP contribution < -0.4 is 20.4 Å². The standard InChI is InChI=1S/C28H36B2O6/c1-25(2)26(3,4)34-29(33-25)23-19-13-11-17(31-9)15-21(19)22-16-18(32-10)12-14-20(22)24(23)30-35-27(5,6)28(7,8)36-30/h11-16H,1-10H3. The van der Waals surface area contributed by atoms with Crippen LogP contribution in [0.1, 0.15) is 55.4 Å². The molecule has 5 rings (SSSR count). The number of rotatable bonds is 4. The van der Waals surface area contributed by atoms with Crippen LogP contribution >= 0.6 is 0 Å². The van der Waals surface area contributed by atoms with Gasteiger partial charge in [0.1, 0.15) is 11.5 Å². The molecule has 36 heavy (non-hydrogen) atoms. The number of fused-ring (bicyclic) bond motifs is 3. The molecule has 0 bridgehead atoms. The highest BCUT2D eigenvalue weighted by atomic mass is 16.7. The van der Waals surface area contributed by atoms with Crippen molar-refractivity contribution in [1.29, 1.82) is 0 Å². The van der Waals surface area contributed by atoms with Crippen LogP contribution in [0.25, 0.3) is 21.5 Å². The van der Waals surface area contributed by atoms with Crippen molar-refractivity contribution in [2.45, 2.75) is 77.8 Å². The van der Waals surface area contributed by atoms with E-state index in [-0.39, 0.29) is 0 Å². The third-order valence-electron chi connectivity index (χ3n) is 8.59. The van der Waals surface area contributed by atoms with Crippen LogP contribution in [0.15, 0.2) is 36.4 Å². The Labute approximate surface area is 214 Å². The van der Waals surface area contributed by atoms with E-state index in [2.05, 4.69) is 79.7 Å². The Bertz CT molecular complexity index is 1210. The summed E-state index contributed by atoms with van der Waals surface area (Å²) >= 11 is 0. The summed E-state index contributed by atoms with van der Waals surface area (Å²) in [5, 5.41) is 4.04. The van der Waals surface area contributed by atoms with Crippen LogP contribution in [0.4, 0.5) is 0 Å². The number of benzene rings is 3. The zero-order chi connectivity index (χ0) is 26.3. The molecule has 6 nitrogen and oxygen atoms in total. The first-order chi connectivity index (χ1) is 16.7. The van der Waals surface area contributed by atoms with Gasteiger partial charge in [0.2, 0.25) is 0 Å². The van der Waals surface area contributed by atoms with Crippen molar-refractivity contribution in [3.63, 3.8) is 0 Å². The first-order valence-electron chi connectivity index (χ1n) is 12.5. The second-order valence-corrected chi connectivity index (χ2v) is 11.8. The third kappa shape index (κ3) is 3.73. The molecule has 2 aliphatic heterocycles. The minimum atomic E-state index is -0.605. The fraction of sp³-hybridized carbons (Fsp3) is 0.500. The number of hydrogen-bond donors (Lipinski definition) is 0. The van der Waals surface area contributed by atoms with Crippen molar-refractivity contribution >= 4 is 46.7 Å². The quantitative estimate of drug-likeness (QED) is 0.394. The van der Waals surface area contributed by atoms with E-state index in [1.54, 1.807) is 14.2 Å². The minimum absolute atomic E-state index is 0.501. The van der Waals surface area contributed by atoms with Crippen molar-refractivity contribution in [3.05, 3.63) is 36.4 Å². The summed E-state index contributed by atoms with van der Waals surface area (Å²) in [5.74, 6) is 1.55. The Hall–Kier alpha value is -2.25. The normalized spacial score (nSPS) is 21.9. The Kier molecular flexibility index (Phi) is 5.73. The predicted octanol–water partition coefficient (Wildman–Crippen LogP) is 4.61. The number of hydrogen-bond acceptors (Lipinski definition) is 6. The zero-order valence-corrected chi connectivity index (χ0v) is 23.1.